The number of nitrogens with one attached hydrogen (secondary N) is 1. The molecule has 12 heteroatoms. The molecule has 1 atom stereocenters. The number of hydrogen-bond acceptors (Lipinski definition) is 7. The molecule has 3 aromatic rings. The van der Waals surface area contributed by atoms with E-state index in [0.29, 0.717) is 49.4 Å². The molecule has 0 amide bonds. The smallest absolute Gasteiger partial charge is 0.416 e. The fourth-order valence-electron chi connectivity index (χ4n) is 4.46. The van der Waals surface area contributed by atoms with Crippen molar-refractivity contribution >= 4 is 16.0 Å². The standard InChI is InChI=1S/C25H24F3N3O5S/c26-25(27,28)16-2-4-21(23(14-16)36-17-6-11-34-12-7-17)19-8-13-35-22-15-18(3-5-20(19)22)37(32,33)31-24-29-9-1-10-30-24/h1-5,9-10,14-15,17,19H,6-8,11-13H2,(H,29,30,31). The summed E-state index contributed by atoms with van der Waals surface area (Å²) < 4.78 is 85.8. The number of fused-ring (bicyclic) bond motifs is 1. The molecular formula is C25H24F3N3O5S. The molecule has 0 radical (unpaired) electrons. The lowest BCUT2D eigenvalue weighted by atomic mass is 9.85. The Morgan fingerprint density at radius 1 is 0.946 bits per heavy atom. The molecule has 8 nitrogen and oxygen atoms in total. The maximum absolute atomic E-state index is 13.5. The molecule has 2 aliphatic rings. The second-order valence-corrected chi connectivity index (χ2v) is 10.4. The minimum absolute atomic E-state index is 0.0505. The monoisotopic (exact) mass is 535 g/mol. The number of nitrogens with zero attached hydrogens (tertiary/aromatic N) is 2. The van der Waals surface area contributed by atoms with Crippen LogP contribution >= 0.6 is 0 Å². The molecule has 196 valence electrons. The van der Waals surface area contributed by atoms with E-state index in [2.05, 4.69) is 14.7 Å². The highest BCUT2D eigenvalue weighted by Crippen LogP contribution is 2.44. The van der Waals surface area contributed by atoms with E-state index in [1.54, 1.807) is 12.1 Å². The lowest BCUT2D eigenvalue weighted by Crippen LogP contribution is -2.27. The van der Waals surface area contributed by atoms with Crippen molar-refractivity contribution < 1.29 is 35.8 Å². The van der Waals surface area contributed by atoms with Crippen molar-refractivity contribution in [1.29, 1.82) is 0 Å². The van der Waals surface area contributed by atoms with Gasteiger partial charge in [0.2, 0.25) is 5.95 Å². The van der Waals surface area contributed by atoms with Crippen LogP contribution in [0.1, 0.15) is 41.9 Å². The van der Waals surface area contributed by atoms with E-state index < -0.39 is 21.8 Å². The first kappa shape index (κ1) is 25.3. The van der Waals surface area contributed by atoms with Crippen LogP contribution in [0, 0.1) is 0 Å². The van der Waals surface area contributed by atoms with Gasteiger partial charge in [0.25, 0.3) is 10.0 Å². The third-order valence-electron chi connectivity index (χ3n) is 6.30. The van der Waals surface area contributed by atoms with Crippen molar-refractivity contribution in [2.24, 2.45) is 0 Å². The van der Waals surface area contributed by atoms with Gasteiger partial charge in [-0.2, -0.15) is 13.2 Å². The van der Waals surface area contributed by atoms with Gasteiger partial charge in [-0.05, 0) is 30.7 Å². The number of sulfonamides is 1. The topological polar surface area (TPSA) is 99.6 Å². The summed E-state index contributed by atoms with van der Waals surface area (Å²) in [5.74, 6) is 0.0888. The third-order valence-corrected chi connectivity index (χ3v) is 7.63. The Hall–Kier alpha value is -3.38. The highest BCUT2D eigenvalue weighted by atomic mass is 32.2. The Balaban J connectivity index is 1.48. The van der Waals surface area contributed by atoms with E-state index in [1.165, 1.54) is 30.6 Å². The number of ether oxygens (including phenoxy) is 3. The van der Waals surface area contributed by atoms with Gasteiger partial charge in [-0.1, -0.05) is 12.1 Å². The van der Waals surface area contributed by atoms with Crippen LogP contribution in [0.25, 0.3) is 0 Å². The van der Waals surface area contributed by atoms with Gasteiger partial charge < -0.3 is 14.2 Å². The second kappa shape index (κ2) is 10.2. The number of halogens is 3. The largest absolute Gasteiger partial charge is 0.493 e. The SMILES string of the molecule is O=S(=O)(Nc1ncccn1)c1ccc2c(c1)OCCC2c1ccc(C(F)(F)F)cc1OC1CCOCC1. The van der Waals surface area contributed by atoms with Gasteiger partial charge in [0.15, 0.2) is 0 Å². The van der Waals surface area contributed by atoms with Gasteiger partial charge in [0, 0.05) is 48.3 Å². The van der Waals surface area contributed by atoms with Crippen molar-refractivity contribution in [2.75, 3.05) is 24.5 Å². The van der Waals surface area contributed by atoms with E-state index in [-0.39, 0.29) is 35.2 Å². The number of rotatable bonds is 6. The van der Waals surface area contributed by atoms with Crippen LogP contribution in [0.5, 0.6) is 11.5 Å². The second-order valence-electron chi connectivity index (χ2n) is 8.75. The first-order chi connectivity index (χ1) is 17.7. The summed E-state index contributed by atoms with van der Waals surface area (Å²) in [5, 5.41) is 0. The molecule has 0 saturated carbocycles. The van der Waals surface area contributed by atoms with Crippen LogP contribution < -0.4 is 14.2 Å². The minimum Gasteiger partial charge on any atom is -0.493 e. The molecule has 1 saturated heterocycles. The predicted octanol–water partition coefficient (Wildman–Crippen LogP) is 4.77. The molecule has 0 spiro atoms. The summed E-state index contributed by atoms with van der Waals surface area (Å²) in [5.41, 5.74) is 0.467. The number of benzene rings is 2. The Labute approximate surface area is 211 Å². The molecular weight excluding hydrogens is 511 g/mol. The zero-order valence-corrected chi connectivity index (χ0v) is 20.4. The van der Waals surface area contributed by atoms with Gasteiger partial charge >= 0.3 is 6.18 Å². The molecule has 1 N–H and O–H groups in total. The van der Waals surface area contributed by atoms with E-state index in [9.17, 15) is 21.6 Å². The molecule has 1 aromatic heterocycles. The van der Waals surface area contributed by atoms with Gasteiger partial charge in [-0.15, -0.1) is 0 Å². The van der Waals surface area contributed by atoms with Gasteiger partial charge in [-0.3, -0.25) is 0 Å². The van der Waals surface area contributed by atoms with Crippen LogP contribution in [-0.2, 0) is 20.9 Å². The zero-order valence-electron chi connectivity index (χ0n) is 19.6. The first-order valence-corrected chi connectivity index (χ1v) is 13.2. The van der Waals surface area contributed by atoms with E-state index in [1.807, 2.05) is 0 Å². The summed E-state index contributed by atoms with van der Waals surface area (Å²) in [7, 11) is -3.99. The quantitative estimate of drug-likeness (QED) is 0.486. The van der Waals surface area contributed by atoms with E-state index in [0.717, 1.165) is 12.1 Å². The fourth-order valence-corrected chi connectivity index (χ4v) is 5.44. The van der Waals surface area contributed by atoms with Crippen LogP contribution in [0.2, 0.25) is 0 Å². The molecule has 0 bridgehead atoms. The highest BCUT2D eigenvalue weighted by molar-refractivity contribution is 7.92. The van der Waals surface area contributed by atoms with E-state index in [4.69, 9.17) is 14.2 Å². The van der Waals surface area contributed by atoms with Crippen molar-refractivity contribution in [3.63, 3.8) is 0 Å². The Kier molecular flexibility index (Phi) is 6.95. The molecule has 0 aliphatic carbocycles. The molecule has 2 aromatic carbocycles. The lowest BCUT2D eigenvalue weighted by Gasteiger charge is -2.30. The Morgan fingerprint density at radius 2 is 1.68 bits per heavy atom. The molecule has 1 fully saturated rings. The third kappa shape index (κ3) is 5.64. The summed E-state index contributed by atoms with van der Waals surface area (Å²) in [4.78, 5) is 7.70. The number of alkyl halides is 3. The Bertz CT molecular complexity index is 1360. The van der Waals surface area contributed by atoms with Crippen LogP contribution in [-0.4, -0.2) is 44.3 Å². The minimum atomic E-state index is -4.52. The van der Waals surface area contributed by atoms with Crippen molar-refractivity contribution in [1.82, 2.24) is 9.97 Å². The summed E-state index contributed by atoms with van der Waals surface area (Å²) in [6.45, 7) is 1.23. The number of hydrogen-bond donors (Lipinski definition) is 1. The molecule has 1 unspecified atom stereocenters. The maximum Gasteiger partial charge on any atom is 0.416 e. The molecule has 2 aliphatic heterocycles. The normalized spacial score (nSPS) is 18.5. The molecule has 37 heavy (non-hydrogen) atoms. The molecule has 3 heterocycles. The Morgan fingerprint density at radius 3 is 2.41 bits per heavy atom. The fraction of sp³-hybridized carbons (Fsp3) is 0.360. The van der Waals surface area contributed by atoms with Crippen LogP contribution in [0.4, 0.5) is 19.1 Å². The summed E-state index contributed by atoms with van der Waals surface area (Å²) in [6, 6.07) is 9.54. The lowest BCUT2D eigenvalue weighted by molar-refractivity contribution is -0.137. The van der Waals surface area contributed by atoms with Crippen molar-refractivity contribution in [3.05, 3.63) is 71.5 Å². The van der Waals surface area contributed by atoms with Crippen LogP contribution in [0.15, 0.2) is 59.8 Å². The first-order valence-electron chi connectivity index (χ1n) is 11.7. The zero-order chi connectivity index (χ0) is 26.0. The number of anilines is 1. The molecule has 5 rings (SSSR count). The average molecular weight is 536 g/mol. The maximum atomic E-state index is 13.5. The summed E-state index contributed by atoms with van der Waals surface area (Å²) in [6.07, 6.45) is -0.290. The van der Waals surface area contributed by atoms with Gasteiger partial charge in [0.05, 0.1) is 30.3 Å². The van der Waals surface area contributed by atoms with Gasteiger partial charge in [0.1, 0.15) is 17.6 Å². The van der Waals surface area contributed by atoms with Crippen molar-refractivity contribution in [2.45, 2.75) is 42.4 Å². The van der Waals surface area contributed by atoms with E-state index >= 15 is 0 Å². The highest BCUT2D eigenvalue weighted by Gasteiger charge is 2.34. The average Bonchev–Trinajstić information content (AvgIpc) is 2.88. The summed E-state index contributed by atoms with van der Waals surface area (Å²) >= 11 is 0. The van der Waals surface area contributed by atoms with Crippen LogP contribution in [0.3, 0.4) is 0 Å². The predicted molar refractivity (Wildman–Crippen MR) is 127 cm³/mol. The van der Waals surface area contributed by atoms with Gasteiger partial charge in [-0.25, -0.2) is 23.1 Å². The number of aromatic nitrogens is 2. The van der Waals surface area contributed by atoms with Crippen molar-refractivity contribution in [3.8, 4) is 11.5 Å².